The van der Waals surface area contributed by atoms with Crippen molar-refractivity contribution in [3.8, 4) is 11.5 Å². The fraction of sp³-hybridized carbons (Fsp3) is 0.333. The minimum absolute atomic E-state index is 0.0544. The first-order valence-corrected chi connectivity index (χ1v) is 8.08. The summed E-state index contributed by atoms with van der Waals surface area (Å²) >= 11 is 0. The summed E-state index contributed by atoms with van der Waals surface area (Å²) in [5, 5.41) is 3.08. The number of amides is 1. The van der Waals surface area contributed by atoms with Crippen molar-refractivity contribution >= 4 is 5.91 Å². The quantitative estimate of drug-likeness (QED) is 0.762. The van der Waals surface area contributed by atoms with E-state index in [2.05, 4.69) is 21.2 Å². The SMILES string of the molecule is COc1ccc(C2NNC(C)C2NC(=O)c2cccnc2)cc1OC. The van der Waals surface area contributed by atoms with Gasteiger partial charge < -0.3 is 14.8 Å². The Labute approximate surface area is 146 Å². The molecule has 3 unspecified atom stereocenters. The fourth-order valence-corrected chi connectivity index (χ4v) is 2.97. The molecule has 2 heterocycles. The van der Waals surface area contributed by atoms with Crippen molar-refractivity contribution in [3.05, 3.63) is 53.9 Å². The molecule has 7 nitrogen and oxygen atoms in total. The van der Waals surface area contributed by atoms with Crippen LogP contribution < -0.4 is 25.6 Å². The number of carbonyl (C=O) groups is 1. The van der Waals surface area contributed by atoms with E-state index in [4.69, 9.17) is 9.47 Å². The molecule has 1 fully saturated rings. The molecule has 3 atom stereocenters. The third-order valence-corrected chi connectivity index (χ3v) is 4.35. The average Bonchev–Trinajstić information content (AvgIpc) is 3.02. The Bertz CT molecular complexity index is 738. The van der Waals surface area contributed by atoms with Gasteiger partial charge in [-0.2, -0.15) is 0 Å². The van der Waals surface area contributed by atoms with Crippen molar-refractivity contribution in [3.63, 3.8) is 0 Å². The number of ether oxygens (including phenoxy) is 2. The minimum atomic E-state index is -0.152. The van der Waals surface area contributed by atoms with Crippen LogP contribution in [0.4, 0.5) is 0 Å². The predicted octanol–water partition coefficient (Wildman–Crippen LogP) is 1.43. The number of pyridine rings is 1. The van der Waals surface area contributed by atoms with Crippen LogP contribution in [-0.2, 0) is 0 Å². The van der Waals surface area contributed by atoms with Gasteiger partial charge in [-0.15, -0.1) is 0 Å². The highest BCUT2D eigenvalue weighted by atomic mass is 16.5. The van der Waals surface area contributed by atoms with Crippen LogP contribution in [0.3, 0.4) is 0 Å². The summed E-state index contributed by atoms with van der Waals surface area (Å²) in [5.74, 6) is 1.17. The number of rotatable bonds is 5. The van der Waals surface area contributed by atoms with Gasteiger partial charge in [0, 0.05) is 18.4 Å². The molecule has 1 aromatic heterocycles. The van der Waals surface area contributed by atoms with E-state index in [1.165, 1.54) is 0 Å². The third kappa shape index (κ3) is 3.57. The molecule has 132 valence electrons. The van der Waals surface area contributed by atoms with E-state index in [1.807, 2.05) is 25.1 Å². The first kappa shape index (κ1) is 17.2. The van der Waals surface area contributed by atoms with Crippen LogP contribution in [0.1, 0.15) is 28.9 Å². The molecular weight excluding hydrogens is 320 g/mol. The van der Waals surface area contributed by atoms with Gasteiger partial charge in [0.1, 0.15) is 0 Å². The van der Waals surface area contributed by atoms with E-state index in [0.29, 0.717) is 17.1 Å². The second-order valence-electron chi connectivity index (χ2n) is 5.91. The van der Waals surface area contributed by atoms with Gasteiger partial charge in [0.15, 0.2) is 11.5 Å². The van der Waals surface area contributed by atoms with Crippen LogP contribution >= 0.6 is 0 Å². The molecule has 3 rings (SSSR count). The lowest BCUT2D eigenvalue weighted by Crippen LogP contribution is -2.44. The van der Waals surface area contributed by atoms with Crippen LogP contribution in [-0.4, -0.2) is 37.2 Å². The molecule has 2 aromatic rings. The number of nitrogens with one attached hydrogen (secondary N) is 3. The van der Waals surface area contributed by atoms with Crippen molar-refractivity contribution in [2.75, 3.05) is 14.2 Å². The topological polar surface area (TPSA) is 84.5 Å². The van der Waals surface area contributed by atoms with E-state index < -0.39 is 0 Å². The van der Waals surface area contributed by atoms with Crippen LogP contribution in [0.5, 0.6) is 11.5 Å². The standard InChI is InChI=1S/C18H22N4O3/c1-11-16(20-18(23)13-5-4-8-19-10-13)17(22-21-11)12-6-7-14(24-2)15(9-12)25-3/h4-11,16-17,21-22H,1-3H3,(H,20,23). The number of methoxy groups -OCH3 is 2. The summed E-state index contributed by atoms with van der Waals surface area (Å²) in [4.78, 5) is 16.5. The molecular formula is C18H22N4O3. The number of nitrogens with zero attached hydrogens (tertiary/aromatic N) is 1. The van der Waals surface area contributed by atoms with Crippen molar-refractivity contribution < 1.29 is 14.3 Å². The summed E-state index contributed by atoms with van der Waals surface area (Å²) in [6.07, 6.45) is 3.20. The maximum Gasteiger partial charge on any atom is 0.253 e. The third-order valence-electron chi connectivity index (χ3n) is 4.35. The lowest BCUT2D eigenvalue weighted by molar-refractivity contribution is 0.0930. The van der Waals surface area contributed by atoms with Gasteiger partial charge in [-0.3, -0.25) is 15.2 Å². The van der Waals surface area contributed by atoms with Gasteiger partial charge in [0.2, 0.25) is 0 Å². The minimum Gasteiger partial charge on any atom is -0.493 e. The number of carbonyl (C=O) groups excluding carboxylic acids is 1. The number of hydrazine groups is 1. The van der Waals surface area contributed by atoms with Crippen molar-refractivity contribution in [1.82, 2.24) is 21.2 Å². The maximum absolute atomic E-state index is 12.5. The zero-order valence-electron chi connectivity index (χ0n) is 14.4. The van der Waals surface area contributed by atoms with E-state index in [-0.39, 0.29) is 24.0 Å². The van der Waals surface area contributed by atoms with E-state index in [1.54, 1.807) is 38.7 Å². The van der Waals surface area contributed by atoms with Crippen LogP contribution in [0.15, 0.2) is 42.7 Å². The summed E-state index contributed by atoms with van der Waals surface area (Å²) in [7, 11) is 3.21. The second-order valence-corrected chi connectivity index (χ2v) is 5.91. The molecule has 3 N–H and O–H groups in total. The Morgan fingerprint density at radius 3 is 2.64 bits per heavy atom. The Morgan fingerprint density at radius 1 is 1.16 bits per heavy atom. The summed E-state index contributed by atoms with van der Waals surface area (Å²) in [6, 6.07) is 9.05. The van der Waals surface area contributed by atoms with E-state index >= 15 is 0 Å². The van der Waals surface area contributed by atoms with E-state index in [9.17, 15) is 4.79 Å². The largest absolute Gasteiger partial charge is 0.493 e. The van der Waals surface area contributed by atoms with Crippen molar-refractivity contribution in [1.29, 1.82) is 0 Å². The molecule has 1 amide bonds. The first-order chi connectivity index (χ1) is 12.1. The molecule has 0 bridgehead atoms. The lowest BCUT2D eigenvalue weighted by atomic mass is 9.96. The summed E-state index contributed by atoms with van der Waals surface area (Å²) in [6.45, 7) is 2.02. The normalized spacial score (nSPS) is 22.4. The first-order valence-electron chi connectivity index (χ1n) is 8.08. The van der Waals surface area contributed by atoms with Gasteiger partial charge in [-0.05, 0) is 36.8 Å². The van der Waals surface area contributed by atoms with Crippen molar-refractivity contribution in [2.45, 2.75) is 25.0 Å². The molecule has 1 saturated heterocycles. The van der Waals surface area contributed by atoms with Crippen LogP contribution in [0.25, 0.3) is 0 Å². The maximum atomic E-state index is 12.5. The molecule has 25 heavy (non-hydrogen) atoms. The highest BCUT2D eigenvalue weighted by Gasteiger charge is 2.35. The molecule has 1 aliphatic heterocycles. The monoisotopic (exact) mass is 342 g/mol. The highest BCUT2D eigenvalue weighted by molar-refractivity contribution is 5.94. The Morgan fingerprint density at radius 2 is 1.96 bits per heavy atom. The number of hydrogen-bond acceptors (Lipinski definition) is 6. The molecule has 7 heteroatoms. The molecule has 0 spiro atoms. The zero-order chi connectivity index (χ0) is 17.8. The van der Waals surface area contributed by atoms with Gasteiger partial charge >= 0.3 is 0 Å². The average molecular weight is 342 g/mol. The Balaban J connectivity index is 1.82. The van der Waals surface area contributed by atoms with Crippen molar-refractivity contribution in [2.24, 2.45) is 0 Å². The number of hydrogen-bond donors (Lipinski definition) is 3. The van der Waals surface area contributed by atoms with Gasteiger partial charge in [-0.1, -0.05) is 6.07 Å². The van der Waals surface area contributed by atoms with Crippen LogP contribution in [0, 0.1) is 0 Å². The molecule has 1 aliphatic rings. The Kier molecular flexibility index (Phi) is 5.16. The lowest BCUT2D eigenvalue weighted by Gasteiger charge is -2.23. The van der Waals surface area contributed by atoms with Crippen LogP contribution in [0.2, 0.25) is 0 Å². The fourth-order valence-electron chi connectivity index (χ4n) is 2.97. The van der Waals surface area contributed by atoms with Gasteiger partial charge in [0.25, 0.3) is 5.91 Å². The van der Waals surface area contributed by atoms with Gasteiger partial charge in [0.05, 0.1) is 31.9 Å². The highest BCUT2D eigenvalue weighted by Crippen LogP contribution is 2.32. The zero-order valence-corrected chi connectivity index (χ0v) is 14.4. The second kappa shape index (κ2) is 7.50. The Hall–Kier alpha value is -2.64. The number of aromatic nitrogens is 1. The summed E-state index contributed by atoms with van der Waals surface area (Å²) < 4.78 is 10.7. The number of benzene rings is 1. The molecule has 0 radical (unpaired) electrons. The molecule has 0 aliphatic carbocycles. The summed E-state index contributed by atoms with van der Waals surface area (Å²) in [5.41, 5.74) is 7.96. The molecule has 1 aromatic carbocycles. The smallest absolute Gasteiger partial charge is 0.253 e. The molecule has 0 saturated carbocycles. The van der Waals surface area contributed by atoms with E-state index in [0.717, 1.165) is 5.56 Å². The predicted molar refractivity (Wildman–Crippen MR) is 93.5 cm³/mol. The van der Waals surface area contributed by atoms with Gasteiger partial charge in [-0.25, -0.2) is 5.43 Å².